The van der Waals surface area contributed by atoms with E-state index in [4.69, 9.17) is 9.47 Å². The number of rotatable bonds is 5. The van der Waals surface area contributed by atoms with Crippen molar-refractivity contribution in [3.05, 3.63) is 53.6 Å². The number of amides is 1. The first-order valence-corrected chi connectivity index (χ1v) is 9.39. The third kappa shape index (κ3) is 4.18. The normalized spacial score (nSPS) is 14.4. The van der Waals surface area contributed by atoms with Gasteiger partial charge < -0.3 is 19.3 Å². The van der Waals surface area contributed by atoms with Crippen LogP contribution in [0.3, 0.4) is 0 Å². The summed E-state index contributed by atoms with van der Waals surface area (Å²) in [4.78, 5) is 17.1. The number of nitrogens with zero attached hydrogens (tertiary/aromatic N) is 2. The average molecular weight is 368 g/mol. The van der Waals surface area contributed by atoms with Crippen molar-refractivity contribution in [3.63, 3.8) is 0 Å². The molecule has 2 aromatic rings. The summed E-state index contributed by atoms with van der Waals surface area (Å²) in [7, 11) is 3.17. The van der Waals surface area contributed by atoms with Crippen LogP contribution in [0.4, 0.5) is 5.69 Å². The maximum atomic E-state index is 12.8. The predicted octanol–water partition coefficient (Wildman–Crippen LogP) is 3.79. The molecular formula is C22H28N2O3. The zero-order valence-corrected chi connectivity index (χ0v) is 16.6. The van der Waals surface area contributed by atoms with Crippen LogP contribution in [0.25, 0.3) is 0 Å². The molecule has 1 amide bonds. The van der Waals surface area contributed by atoms with Crippen molar-refractivity contribution in [3.8, 4) is 11.5 Å². The van der Waals surface area contributed by atoms with Crippen LogP contribution in [0.15, 0.2) is 42.5 Å². The van der Waals surface area contributed by atoms with Crippen LogP contribution >= 0.6 is 0 Å². The number of benzene rings is 2. The highest BCUT2D eigenvalue weighted by molar-refractivity contribution is 5.95. The van der Waals surface area contributed by atoms with Gasteiger partial charge in [-0.1, -0.05) is 26.0 Å². The zero-order valence-electron chi connectivity index (χ0n) is 16.6. The van der Waals surface area contributed by atoms with Crippen LogP contribution in [0.5, 0.6) is 11.5 Å². The third-order valence-electron chi connectivity index (χ3n) is 5.12. The molecule has 1 aliphatic rings. The predicted molar refractivity (Wildman–Crippen MR) is 108 cm³/mol. The molecule has 2 aromatic carbocycles. The van der Waals surface area contributed by atoms with Gasteiger partial charge in [0.1, 0.15) is 0 Å². The average Bonchev–Trinajstić information content (AvgIpc) is 2.72. The van der Waals surface area contributed by atoms with E-state index in [1.807, 2.05) is 4.90 Å². The first-order chi connectivity index (χ1) is 13.0. The van der Waals surface area contributed by atoms with Crippen molar-refractivity contribution in [2.45, 2.75) is 19.8 Å². The van der Waals surface area contributed by atoms with Crippen LogP contribution in [0.2, 0.25) is 0 Å². The quantitative estimate of drug-likeness (QED) is 0.805. The molecule has 0 bridgehead atoms. The molecule has 0 radical (unpaired) electrons. The van der Waals surface area contributed by atoms with Gasteiger partial charge in [-0.15, -0.1) is 0 Å². The smallest absolute Gasteiger partial charge is 0.254 e. The van der Waals surface area contributed by atoms with Gasteiger partial charge in [0.2, 0.25) is 0 Å². The van der Waals surface area contributed by atoms with E-state index in [0.717, 1.165) is 13.1 Å². The topological polar surface area (TPSA) is 42.0 Å². The lowest BCUT2D eigenvalue weighted by Gasteiger charge is -2.36. The highest BCUT2D eigenvalue weighted by Gasteiger charge is 2.23. The largest absolute Gasteiger partial charge is 0.493 e. The second-order valence-corrected chi connectivity index (χ2v) is 7.10. The van der Waals surface area contributed by atoms with Gasteiger partial charge in [-0.3, -0.25) is 4.79 Å². The van der Waals surface area contributed by atoms with E-state index in [1.165, 1.54) is 11.3 Å². The Hall–Kier alpha value is -2.69. The van der Waals surface area contributed by atoms with E-state index < -0.39 is 0 Å². The summed E-state index contributed by atoms with van der Waals surface area (Å²) >= 11 is 0. The lowest BCUT2D eigenvalue weighted by molar-refractivity contribution is 0.0746. The van der Waals surface area contributed by atoms with Crippen LogP contribution < -0.4 is 14.4 Å². The standard InChI is InChI=1S/C22H28N2O3/c1-16(2)17-5-8-19(9-6-17)23-11-13-24(14-12-23)22(25)18-7-10-20(26-3)21(15-18)27-4/h5-10,15-16H,11-14H2,1-4H3. The maximum absolute atomic E-state index is 12.8. The summed E-state index contributed by atoms with van der Waals surface area (Å²) in [6.45, 7) is 7.49. The Morgan fingerprint density at radius 3 is 2.07 bits per heavy atom. The molecule has 0 spiro atoms. The second-order valence-electron chi connectivity index (χ2n) is 7.10. The minimum absolute atomic E-state index is 0.0331. The Labute approximate surface area is 161 Å². The van der Waals surface area contributed by atoms with E-state index >= 15 is 0 Å². The van der Waals surface area contributed by atoms with Gasteiger partial charge in [-0.25, -0.2) is 0 Å². The van der Waals surface area contributed by atoms with Crippen LogP contribution in [-0.4, -0.2) is 51.2 Å². The molecule has 1 fully saturated rings. The number of ether oxygens (including phenoxy) is 2. The highest BCUT2D eigenvalue weighted by Crippen LogP contribution is 2.28. The fourth-order valence-electron chi connectivity index (χ4n) is 3.39. The number of carbonyl (C=O) groups excluding carboxylic acids is 1. The summed E-state index contributed by atoms with van der Waals surface area (Å²) in [6.07, 6.45) is 0. The molecule has 1 saturated heterocycles. The SMILES string of the molecule is COc1ccc(C(=O)N2CCN(c3ccc(C(C)C)cc3)CC2)cc1OC. The van der Waals surface area contributed by atoms with Gasteiger partial charge in [0, 0.05) is 37.4 Å². The molecule has 1 heterocycles. The van der Waals surface area contributed by atoms with Crippen molar-refractivity contribution in [2.75, 3.05) is 45.3 Å². The van der Waals surface area contributed by atoms with Gasteiger partial charge >= 0.3 is 0 Å². The van der Waals surface area contributed by atoms with Gasteiger partial charge in [-0.05, 0) is 41.8 Å². The summed E-state index contributed by atoms with van der Waals surface area (Å²) < 4.78 is 10.6. The van der Waals surface area contributed by atoms with E-state index in [2.05, 4.69) is 43.0 Å². The number of hydrogen-bond donors (Lipinski definition) is 0. The third-order valence-corrected chi connectivity index (χ3v) is 5.12. The first kappa shape index (κ1) is 19.1. The van der Waals surface area contributed by atoms with Crippen molar-refractivity contribution in [1.82, 2.24) is 4.90 Å². The molecule has 0 aromatic heterocycles. The maximum Gasteiger partial charge on any atom is 0.254 e. The van der Waals surface area contributed by atoms with Crippen molar-refractivity contribution >= 4 is 11.6 Å². The zero-order chi connectivity index (χ0) is 19.4. The van der Waals surface area contributed by atoms with Crippen molar-refractivity contribution < 1.29 is 14.3 Å². The summed E-state index contributed by atoms with van der Waals surface area (Å²) in [5.74, 6) is 1.77. The molecule has 5 heteroatoms. The Bertz CT molecular complexity index is 779. The lowest BCUT2D eigenvalue weighted by atomic mass is 10.0. The van der Waals surface area contributed by atoms with E-state index in [1.54, 1.807) is 32.4 Å². The van der Waals surface area contributed by atoms with Gasteiger partial charge in [0.05, 0.1) is 14.2 Å². The summed E-state index contributed by atoms with van der Waals surface area (Å²) in [5.41, 5.74) is 3.20. The van der Waals surface area contributed by atoms with E-state index in [0.29, 0.717) is 36.1 Å². The number of carbonyl (C=O) groups is 1. The Morgan fingerprint density at radius 1 is 0.889 bits per heavy atom. The molecule has 3 rings (SSSR count). The number of anilines is 1. The Balaban J connectivity index is 1.64. The monoisotopic (exact) mass is 368 g/mol. The molecule has 144 valence electrons. The fourth-order valence-corrected chi connectivity index (χ4v) is 3.39. The number of methoxy groups -OCH3 is 2. The van der Waals surface area contributed by atoms with Gasteiger partial charge in [0.25, 0.3) is 5.91 Å². The minimum Gasteiger partial charge on any atom is -0.493 e. The fraction of sp³-hybridized carbons (Fsp3) is 0.409. The molecular weight excluding hydrogens is 340 g/mol. The molecule has 0 atom stereocenters. The first-order valence-electron chi connectivity index (χ1n) is 9.39. The summed E-state index contributed by atoms with van der Waals surface area (Å²) in [5, 5.41) is 0. The van der Waals surface area contributed by atoms with Gasteiger partial charge in [0.15, 0.2) is 11.5 Å². The lowest BCUT2D eigenvalue weighted by Crippen LogP contribution is -2.48. The molecule has 1 aliphatic heterocycles. The second kappa shape index (κ2) is 8.33. The van der Waals surface area contributed by atoms with E-state index in [-0.39, 0.29) is 5.91 Å². The van der Waals surface area contributed by atoms with Crippen LogP contribution in [-0.2, 0) is 0 Å². The van der Waals surface area contributed by atoms with Crippen molar-refractivity contribution in [2.24, 2.45) is 0 Å². The number of hydrogen-bond acceptors (Lipinski definition) is 4. The molecule has 0 unspecified atom stereocenters. The molecule has 5 nitrogen and oxygen atoms in total. The highest BCUT2D eigenvalue weighted by atomic mass is 16.5. The molecule has 0 saturated carbocycles. The number of piperazine rings is 1. The molecule has 0 N–H and O–H groups in total. The molecule has 27 heavy (non-hydrogen) atoms. The summed E-state index contributed by atoms with van der Waals surface area (Å²) in [6, 6.07) is 14.1. The van der Waals surface area contributed by atoms with Crippen molar-refractivity contribution in [1.29, 1.82) is 0 Å². The van der Waals surface area contributed by atoms with Gasteiger partial charge in [-0.2, -0.15) is 0 Å². The van der Waals surface area contributed by atoms with E-state index in [9.17, 15) is 4.79 Å². The minimum atomic E-state index is 0.0331. The Morgan fingerprint density at radius 2 is 1.52 bits per heavy atom. The molecule has 0 aliphatic carbocycles. The Kier molecular flexibility index (Phi) is 5.89. The van der Waals surface area contributed by atoms with Crippen LogP contribution in [0, 0.1) is 0 Å². The van der Waals surface area contributed by atoms with Crippen LogP contribution in [0.1, 0.15) is 35.7 Å².